The maximum absolute atomic E-state index is 11.8. The van der Waals surface area contributed by atoms with E-state index in [-0.39, 0.29) is 18.2 Å². The molecule has 0 aliphatic carbocycles. The van der Waals surface area contributed by atoms with Gasteiger partial charge in [-0.1, -0.05) is 18.2 Å². The van der Waals surface area contributed by atoms with Gasteiger partial charge in [0.15, 0.2) is 0 Å². The van der Waals surface area contributed by atoms with Crippen LogP contribution < -0.4 is 10.2 Å². The lowest BCUT2D eigenvalue weighted by Gasteiger charge is -2.23. The minimum atomic E-state index is -3.20. The normalized spacial score (nSPS) is 17.1. The lowest BCUT2D eigenvalue weighted by atomic mass is 10.2. The van der Waals surface area contributed by atoms with Crippen LogP contribution in [0.4, 0.5) is 5.69 Å². The molecule has 1 N–H and O–H groups in total. The number of sulfonamides is 1. The molecule has 1 saturated heterocycles. The smallest absolute Gasteiger partial charge is 0.235 e. The standard InChI is InChI=1S/C16H25N3O3S/c1-2-18(15-8-4-3-5-9-15)11-6-10-17-16(20)14-19-12-7-13-23(19,21)22/h3-5,8-9H,2,6-7,10-14H2,1H3,(H,17,20). The van der Waals surface area contributed by atoms with Crippen molar-refractivity contribution < 1.29 is 13.2 Å². The summed E-state index contributed by atoms with van der Waals surface area (Å²) in [5, 5.41) is 2.81. The van der Waals surface area contributed by atoms with Gasteiger partial charge in [0, 0.05) is 31.9 Å². The number of nitrogens with zero attached hydrogens (tertiary/aromatic N) is 2. The van der Waals surface area contributed by atoms with Crippen LogP contribution in [-0.2, 0) is 14.8 Å². The van der Waals surface area contributed by atoms with E-state index < -0.39 is 10.0 Å². The second kappa shape index (κ2) is 8.31. The Hall–Kier alpha value is -1.60. The Kier molecular flexibility index (Phi) is 6.41. The van der Waals surface area contributed by atoms with Crippen LogP contribution >= 0.6 is 0 Å². The van der Waals surface area contributed by atoms with Crippen LogP contribution in [0.1, 0.15) is 19.8 Å². The van der Waals surface area contributed by atoms with Crippen LogP contribution in [0.2, 0.25) is 0 Å². The van der Waals surface area contributed by atoms with Crippen LogP contribution in [-0.4, -0.2) is 57.1 Å². The molecule has 1 aliphatic heterocycles. The highest BCUT2D eigenvalue weighted by atomic mass is 32.2. The first-order valence-electron chi connectivity index (χ1n) is 8.07. The van der Waals surface area contributed by atoms with Crippen LogP contribution in [0, 0.1) is 0 Å². The van der Waals surface area contributed by atoms with Crippen LogP contribution in [0.5, 0.6) is 0 Å². The van der Waals surface area contributed by atoms with Crippen molar-refractivity contribution in [3.05, 3.63) is 30.3 Å². The zero-order valence-electron chi connectivity index (χ0n) is 13.6. The van der Waals surface area contributed by atoms with Crippen LogP contribution in [0.15, 0.2) is 30.3 Å². The largest absolute Gasteiger partial charge is 0.372 e. The van der Waals surface area contributed by atoms with Gasteiger partial charge < -0.3 is 10.2 Å². The maximum atomic E-state index is 11.8. The first-order chi connectivity index (χ1) is 11.0. The van der Waals surface area contributed by atoms with Crippen molar-refractivity contribution >= 4 is 21.6 Å². The maximum Gasteiger partial charge on any atom is 0.235 e. The van der Waals surface area contributed by atoms with Crippen LogP contribution in [0.25, 0.3) is 0 Å². The monoisotopic (exact) mass is 339 g/mol. The molecule has 1 aromatic rings. The summed E-state index contributed by atoms with van der Waals surface area (Å²) in [4.78, 5) is 14.1. The number of para-hydroxylation sites is 1. The molecule has 2 rings (SSSR count). The van der Waals surface area contributed by atoms with Crippen molar-refractivity contribution in [2.75, 3.05) is 43.4 Å². The van der Waals surface area contributed by atoms with Gasteiger partial charge in [0.25, 0.3) is 0 Å². The van der Waals surface area contributed by atoms with E-state index in [1.54, 1.807) is 0 Å². The second-order valence-corrected chi connectivity index (χ2v) is 7.71. The van der Waals surface area contributed by atoms with E-state index >= 15 is 0 Å². The van der Waals surface area contributed by atoms with Gasteiger partial charge in [0.1, 0.15) is 0 Å². The fraction of sp³-hybridized carbons (Fsp3) is 0.562. The Morgan fingerprint density at radius 1 is 1.30 bits per heavy atom. The number of carbonyl (C=O) groups excluding carboxylic acids is 1. The molecule has 1 amide bonds. The highest BCUT2D eigenvalue weighted by molar-refractivity contribution is 7.89. The average Bonchev–Trinajstić information content (AvgIpc) is 2.87. The number of carbonyl (C=O) groups is 1. The summed E-state index contributed by atoms with van der Waals surface area (Å²) in [5.74, 6) is -0.0683. The van der Waals surface area contributed by atoms with E-state index in [0.29, 0.717) is 19.5 Å². The molecule has 128 valence electrons. The lowest BCUT2D eigenvalue weighted by molar-refractivity contribution is -0.121. The van der Waals surface area contributed by atoms with E-state index in [9.17, 15) is 13.2 Å². The molecule has 0 aromatic heterocycles. The van der Waals surface area contributed by atoms with Gasteiger partial charge in [0.05, 0.1) is 12.3 Å². The van der Waals surface area contributed by atoms with Gasteiger partial charge in [-0.2, -0.15) is 4.31 Å². The van der Waals surface area contributed by atoms with Crippen molar-refractivity contribution in [3.8, 4) is 0 Å². The Labute approximate surface area is 138 Å². The average molecular weight is 339 g/mol. The molecule has 0 bridgehead atoms. The molecular weight excluding hydrogens is 314 g/mol. The number of anilines is 1. The summed E-state index contributed by atoms with van der Waals surface area (Å²) in [7, 11) is -3.20. The fourth-order valence-electron chi connectivity index (χ4n) is 2.69. The van der Waals surface area contributed by atoms with E-state index in [1.807, 2.05) is 18.2 Å². The van der Waals surface area contributed by atoms with E-state index in [4.69, 9.17) is 0 Å². The Morgan fingerprint density at radius 3 is 2.65 bits per heavy atom. The van der Waals surface area contributed by atoms with Crippen molar-refractivity contribution in [3.63, 3.8) is 0 Å². The molecule has 0 spiro atoms. The quantitative estimate of drug-likeness (QED) is 0.719. The number of amides is 1. The summed E-state index contributed by atoms with van der Waals surface area (Å²) < 4.78 is 24.6. The Bertz CT molecular complexity index is 604. The summed E-state index contributed by atoms with van der Waals surface area (Å²) in [6.45, 7) is 4.80. The molecule has 23 heavy (non-hydrogen) atoms. The fourth-order valence-corrected chi connectivity index (χ4v) is 4.16. The molecule has 1 aromatic carbocycles. The molecule has 0 radical (unpaired) electrons. The number of rotatable bonds is 8. The highest BCUT2D eigenvalue weighted by Crippen LogP contribution is 2.13. The minimum absolute atomic E-state index is 0.0570. The SMILES string of the molecule is CCN(CCCNC(=O)CN1CCCS1(=O)=O)c1ccccc1. The number of benzene rings is 1. The molecule has 1 aliphatic rings. The van der Waals surface area contributed by atoms with Gasteiger partial charge in [0.2, 0.25) is 15.9 Å². The number of hydrogen-bond acceptors (Lipinski definition) is 4. The van der Waals surface area contributed by atoms with Gasteiger partial charge >= 0.3 is 0 Å². The molecule has 7 heteroatoms. The third-order valence-corrected chi connectivity index (χ3v) is 5.86. The number of hydrogen-bond donors (Lipinski definition) is 1. The second-order valence-electron chi connectivity index (χ2n) is 5.62. The zero-order chi connectivity index (χ0) is 16.7. The Balaban J connectivity index is 1.69. The first kappa shape index (κ1) is 17.7. The first-order valence-corrected chi connectivity index (χ1v) is 9.68. The van der Waals surface area contributed by atoms with Gasteiger partial charge in [-0.25, -0.2) is 8.42 Å². The molecule has 6 nitrogen and oxygen atoms in total. The van der Waals surface area contributed by atoms with Crippen molar-refractivity contribution in [1.82, 2.24) is 9.62 Å². The molecule has 0 atom stereocenters. The van der Waals surface area contributed by atoms with Crippen molar-refractivity contribution in [2.45, 2.75) is 19.8 Å². The topological polar surface area (TPSA) is 69.7 Å². The lowest BCUT2D eigenvalue weighted by Crippen LogP contribution is -2.39. The van der Waals surface area contributed by atoms with Crippen LogP contribution in [0.3, 0.4) is 0 Å². The minimum Gasteiger partial charge on any atom is -0.372 e. The molecule has 1 heterocycles. The third kappa shape index (κ3) is 5.21. The molecule has 1 fully saturated rings. The van der Waals surface area contributed by atoms with E-state index in [1.165, 1.54) is 9.99 Å². The van der Waals surface area contributed by atoms with Crippen molar-refractivity contribution in [1.29, 1.82) is 0 Å². The Morgan fingerprint density at radius 2 is 2.04 bits per heavy atom. The van der Waals surface area contributed by atoms with Gasteiger partial charge in [-0.15, -0.1) is 0 Å². The van der Waals surface area contributed by atoms with E-state index in [0.717, 1.165) is 19.5 Å². The van der Waals surface area contributed by atoms with Gasteiger partial charge in [-0.3, -0.25) is 4.79 Å². The third-order valence-electron chi connectivity index (χ3n) is 3.95. The summed E-state index contributed by atoms with van der Waals surface area (Å²) >= 11 is 0. The van der Waals surface area contributed by atoms with Gasteiger partial charge in [-0.05, 0) is 31.9 Å². The molecular formula is C16H25N3O3S. The number of nitrogens with one attached hydrogen (secondary N) is 1. The summed E-state index contributed by atoms with van der Waals surface area (Å²) in [5.41, 5.74) is 1.17. The zero-order valence-corrected chi connectivity index (χ0v) is 14.4. The summed E-state index contributed by atoms with van der Waals surface area (Å²) in [6.07, 6.45) is 1.43. The predicted octanol–water partition coefficient (Wildman–Crippen LogP) is 1.05. The summed E-state index contributed by atoms with van der Waals surface area (Å²) in [6, 6.07) is 10.1. The van der Waals surface area contributed by atoms with E-state index in [2.05, 4.69) is 29.3 Å². The predicted molar refractivity (Wildman–Crippen MR) is 91.9 cm³/mol. The highest BCUT2D eigenvalue weighted by Gasteiger charge is 2.29. The molecule has 0 unspecified atom stereocenters. The molecule has 0 saturated carbocycles. The van der Waals surface area contributed by atoms with Crippen molar-refractivity contribution in [2.24, 2.45) is 0 Å².